The van der Waals surface area contributed by atoms with Crippen LogP contribution in [0.5, 0.6) is 0 Å². The molecular formula is C30H29N3O9. The SMILES string of the molecule is CC(C)(C)C(=O)Nc1ccc(C(=O)NNC(=O)[C@@H](OC(=O)c2ccccc2)[C@@H](OC(=O)c2ccccc2)C(=O)O)cc1. The molecule has 3 rings (SSSR count). The number of anilines is 1. The fourth-order valence-corrected chi connectivity index (χ4v) is 3.29. The molecule has 4 N–H and O–H groups in total. The van der Waals surface area contributed by atoms with Crippen LogP contribution in [0.3, 0.4) is 0 Å². The van der Waals surface area contributed by atoms with Gasteiger partial charge in [-0.15, -0.1) is 0 Å². The van der Waals surface area contributed by atoms with E-state index in [9.17, 15) is 33.9 Å². The largest absolute Gasteiger partial charge is 0.478 e. The molecule has 3 amide bonds. The highest BCUT2D eigenvalue weighted by molar-refractivity contribution is 6.00. The second-order valence-electron chi connectivity index (χ2n) is 9.95. The standard InChI is InChI=1S/C30H29N3O9/c1-30(2,3)29(40)31-21-16-14-18(15-17-21)24(34)32-33-25(35)22(41-27(38)19-10-6-4-7-11-19)23(26(36)37)42-28(39)20-12-8-5-9-13-20/h4-17,22-23H,1-3H3,(H,31,40)(H,32,34)(H,33,35)(H,36,37)/t22-,23+/m0/s1. The summed E-state index contributed by atoms with van der Waals surface area (Å²) in [4.78, 5) is 75.3. The Morgan fingerprint density at radius 1 is 0.643 bits per heavy atom. The highest BCUT2D eigenvalue weighted by Crippen LogP contribution is 2.18. The maximum Gasteiger partial charge on any atom is 0.349 e. The topological polar surface area (TPSA) is 177 Å². The molecule has 0 aromatic heterocycles. The Kier molecular flexibility index (Phi) is 10.1. The molecule has 0 aliphatic rings. The average Bonchev–Trinajstić information content (AvgIpc) is 2.97. The van der Waals surface area contributed by atoms with Crippen molar-refractivity contribution in [1.82, 2.24) is 10.9 Å². The van der Waals surface area contributed by atoms with Gasteiger partial charge in [0.1, 0.15) is 0 Å². The van der Waals surface area contributed by atoms with Crippen molar-refractivity contribution < 1.29 is 43.3 Å². The highest BCUT2D eigenvalue weighted by atomic mass is 16.6. The molecule has 12 nitrogen and oxygen atoms in total. The van der Waals surface area contributed by atoms with Crippen LogP contribution in [-0.4, -0.2) is 52.9 Å². The second-order valence-corrected chi connectivity index (χ2v) is 9.95. The van der Waals surface area contributed by atoms with E-state index in [1.54, 1.807) is 32.9 Å². The minimum atomic E-state index is -2.27. The molecule has 0 spiro atoms. The number of amides is 3. The Morgan fingerprint density at radius 2 is 1.12 bits per heavy atom. The molecule has 3 aromatic carbocycles. The summed E-state index contributed by atoms with van der Waals surface area (Å²) in [6.07, 6.45) is -4.47. The van der Waals surface area contributed by atoms with E-state index in [4.69, 9.17) is 9.47 Å². The first kappa shape index (κ1) is 31.0. The van der Waals surface area contributed by atoms with Gasteiger partial charge < -0.3 is 19.9 Å². The molecule has 0 unspecified atom stereocenters. The van der Waals surface area contributed by atoms with Crippen molar-refractivity contribution >= 4 is 41.3 Å². The maximum atomic E-state index is 13.1. The molecule has 3 aromatic rings. The number of carbonyl (C=O) groups excluding carboxylic acids is 5. The van der Waals surface area contributed by atoms with Gasteiger partial charge in [-0.05, 0) is 48.5 Å². The third-order valence-electron chi connectivity index (χ3n) is 5.65. The number of aliphatic carboxylic acids is 1. The summed E-state index contributed by atoms with van der Waals surface area (Å²) < 4.78 is 10.2. The van der Waals surface area contributed by atoms with Crippen LogP contribution in [0, 0.1) is 5.41 Å². The number of hydrogen-bond acceptors (Lipinski definition) is 8. The van der Waals surface area contributed by atoms with Crippen molar-refractivity contribution in [1.29, 1.82) is 0 Å². The van der Waals surface area contributed by atoms with E-state index in [0.29, 0.717) is 5.69 Å². The second kappa shape index (κ2) is 13.7. The lowest BCUT2D eigenvalue weighted by Crippen LogP contribution is -2.54. The predicted octanol–water partition coefficient (Wildman–Crippen LogP) is 2.97. The van der Waals surface area contributed by atoms with Gasteiger partial charge in [0.25, 0.3) is 11.8 Å². The summed E-state index contributed by atoms with van der Waals surface area (Å²) in [7, 11) is 0. The Hall–Kier alpha value is -5.52. The fourth-order valence-electron chi connectivity index (χ4n) is 3.29. The quantitative estimate of drug-likeness (QED) is 0.221. The summed E-state index contributed by atoms with van der Waals surface area (Å²) in [6.45, 7) is 5.23. The number of ether oxygens (including phenoxy) is 2. The van der Waals surface area contributed by atoms with Crippen molar-refractivity contribution in [3.05, 3.63) is 102 Å². The molecule has 0 bridgehead atoms. The number of esters is 2. The lowest BCUT2D eigenvalue weighted by atomic mass is 9.95. The van der Waals surface area contributed by atoms with Crippen molar-refractivity contribution in [3.8, 4) is 0 Å². The van der Waals surface area contributed by atoms with E-state index in [1.807, 2.05) is 5.43 Å². The molecule has 0 aliphatic carbocycles. The molecule has 0 radical (unpaired) electrons. The molecular weight excluding hydrogens is 546 g/mol. The first-order chi connectivity index (χ1) is 19.9. The van der Waals surface area contributed by atoms with Gasteiger partial charge in [-0.25, -0.2) is 14.4 Å². The Labute approximate surface area is 241 Å². The third-order valence-corrected chi connectivity index (χ3v) is 5.65. The van der Waals surface area contributed by atoms with Crippen molar-refractivity contribution in [3.63, 3.8) is 0 Å². The number of rotatable bonds is 9. The van der Waals surface area contributed by atoms with Crippen LogP contribution in [0.2, 0.25) is 0 Å². The Morgan fingerprint density at radius 3 is 1.57 bits per heavy atom. The Balaban J connectivity index is 1.76. The van der Waals surface area contributed by atoms with Gasteiger partial charge in [-0.3, -0.25) is 25.2 Å². The summed E-state index contributed by atoms with van der Waals surface area (Å²) in [5.74, 6) is -6.26. The molecule has 2 atom stereocenters. The molecule has 218 valence electrons. The number of hydrogen-bond donors (Lipinski definition) is 4. The number of carboxylic acid groups (broad SMARTS) is 1. The van der Waals surface area contributed by atoms with Gasteiger partial charge in [0.2, 0.25) is 18.1 Å². The van der Waals surface area contributed by atoms with Gasteiger partial charge in [-0.1, -0.05) is 57.2 Å². The molecule has 0 fully saturated rings. The van der Waals surface area contributed by atoms with Crippen LogP contribution < -0.4 is 16.2 Å². The monoisotopic (exact) mass is 575 g/mol. The highest BCUT2D eigenvalue weighted by Gasteiger charge is 2.41. The van der Waals surface area contributed by atoms with E-state index in [2.05, 4.69) is 10.7 Å². The van der Waals surface area contributed by atoms with Crippen molar-refractivity contribution in [2.45, 2.75) is 33.0 Å². The number of benzene rings is 3. The fraction of sp³-hybridized carbons (Fsp3) is 0.200. The summed E-state index contributed by atoms with van der Waals surface area (Å²) in [5.41, 5.74) is 3.99. The lowest BCUT2D eigenvalue weighted by Gasteiger charge is -2.23. The smallest absolute Gasteiger partial charge is 0.349 e. The zero-order valence-electron chi connectivity index (χ0n) is 23.0. The van der Waals surface area contributed by atoms with Crippen LogP contribution >= 0.6 is 0 Å². The van der Waals surface area contributed by atoms with E-state index in [-0.39, 0.29) is 22.6 Å². The Bertz CT molecular complexity index is 1450. The predicted molar refractivity (Wildman–Crippen MR) is 149 cm³/mol. The maximum absolute atomic E-state index is 13.1. The van der Waals surface area contributed by atoms with Gasteiger partial charge in [-0.2, -0.15) is 0 Å². The van der Waals surface area contributed by atoms with Crippen LogP contribution in [0.4, 0.5) is 5.69 Å². The lowest BCUT2D eigenvalue weighted by molar-refractivity contribution is -0.159. The van der Waals surface area contributed by atoms with Crippen LogP contribution in [0.1, 0.15) is 51.8 Å². The number of nitrogens with one attached hydrogen (secondary N) is 3. The van der Waals surface area contributed by atoms with Gasteiger partial charge >= 0.3 is 17.9 Å². The van der Waals surface area contributed by atoms with E-state index in [0.717, 1.165) is 0 Å². The minimum Gasteiger partial charge on any atom is -0.478 e. The van der Waals surface area contributed by atoms with Gasteiger partial charge in [0.15, 0.2) is 0 Å². The van der Waals surface area contributed by atoms with Crippen molar-refractivity contribution in [2.75, 3.05) is 5.32 Å². The van der Waals surface area contributed by atoms with Crippen LogP contribution in [0.25, 0.3) is 0 Å². The molecule has 0 aliphatic heterocycles. The molecule has 0 heterocycles. The molecule has 0 saturated heterocycles. The molecule has 0 saturated carbocycles. The summed E-state index contributed by atoms with van der Waals surface area (Å²) >= 11 is 0. The zero-order valence-corrected chi connectivity index (χ0v) is 23.0. The van der Waals surface area contributed by atoms with E-state index in [1.165, 1.54) is 72.8 Å². The van der Waals surface area contributed by atoms with Gasteiger partial charge in [0, 0.05) is 16.7 Å². The number of carboxylic acids is 1. The molecule has 42 heavy (non-hydrogen) atoms. The van der Waals surface area contributed by atoms with Crippen LogP contribution in [0.15, 0.2) is 84.9 Å². The third kappa shape index (κ3) is 8.49. The van der Waals surface area contributed by atoms with Gasteiger partial charge in [0.05, 0.1) is 11.1 Å². The van der Waals surface area contributed by atoms with E-state index < -0.39 is 47.3 Å². The molecule has 12 heteroatoms. The first-order valence-electron chi connectivity index (χ1n) is 12.6. The summed E-state index contributed by atoms with van der Waals surface area (Å²) in [6, 6.07) is 20.6. The zero-order chi connectivity index (χ0) is 30.9. The number of hydrazine groups is 1. The van der Waals surface area contributed by atoms with Crippen molar-refractivity contribution in [2.24, 2.45) is 5.41 Å². The summed E-state index contributed by atoms with van der Waals surface area (Å²) in [5, 5.41) is 12.5. The normalized spacial score (nSPS) is 12.2. The number of carbonyl (C=O) groups is 6. The van der Waals surface area contributed by atoms with Crippen LogP contribution in [-0.2, 0) is 23.9 Å². The van der Waals surface area contributed by atoms with E-state index >= 15 is 0 Å². The first-order valence-corrected chi connectivity index (χ1v) is 12.6. The average molecular weight is 576 g/mol. The minimum absolute atomic E-state index is 0.00324.